The quantitative estimate of drug-likeness (QED) is 0.541. The molecule has 0 heterocycles. The van der Waals surface area contributed by atoms with Crippen molar-refractivity contribution in [1.82, 2.24) is 4.89 Å². The van der Waals surface area contributed by atoms with E-state index >= 15 is 0 Å². The Balaban J connectivity index is 1.89. The predicted molar refractivity (Wildman–Crippen MR) is 84.1 cm³/mol. The number of anilines is 1. The van der Waals surface area contributed by atoms with Gasteiger partial charge in [-0.05, 0) is 48.9 Å². The Morgan fingerprint density at radius 1 is 1.21 bits per heavy atom. The fourth-order valence-corrected chi connectivity index (χ4v) is 2.57. The molecule has 0 aliphatic rings. The molecule has 0 saturated heterocycles. The third-order valence-electron chi connectivity index (χ3n) is 2.92. The van der Waals surface area contributed by atoms with Crippen LogP contribution >= 0.6 is 0 Å². The van der Waals surface area contributed by atoms with E-state index in [-0.39, 0.29) is 16.3 Å². The van der Waals surface area contributed by atoms with E-state index < -0.39 is 28.4 Å². The molecule has 0 radical (unpaired) electrons. The van der Waals surface area contributed by atoms with E-state index in [0.29, 0.717) is 0 Å². The number of hydrogen-bond donors (Lipinski definition) is 3. The Morgan fingerprint density at radius 2 is 1.88 bits per heavy atom. The van der Waals surface area contributed by atoms with E-state index in [0.717, 1.165) is 29.8 Å². The van der Waals surface area contributed by atoms with Crippen LogP contribution in [0.25, 0.3) is 0 Å². The van der Waals surface area contributed by atoms with Crippen molar-refractivity contribution in [2.24, 2.45) is 0 Å². The van der Waals surface area contributed by atoms with Gasteiger partial charge in [0, 0.05) is 0 Å². The van der Waals surface area contributed by atoms with Crippen LogP contribution in [0, 0.1) is 12.7 Å². The molecule has 9 heteroatoms. The van der Waals surface area contributed by atoms with Crippen LogP contribution in [0.5, 0.6) is 5.75 Å². The summed E-state index contributed by atoms with van der Waals surface area (Å²) in [4.78, 5) is 17.9. The molecule has 7 nitrogen and oxygen atoms in total. The molecule has 0 bridgehead atoms. The number of amides is 1. The standard InChI is InChI=1S/C15H15FN2O5S/c1-10-2-7-13(14(19)8-10)17-15(20)9-23-18-24(21,22)12-5-3-11(16)4-6-12/h2-8,18-19H,9H2,1H3,(H,17,20). The van der Waals surface area contributed by atoms with Crippen LogP contribution in [0.3, 0.4) is 0 Å². The molecule has 2 aromatic carbocycles. The number of rotatable bonds is 6. The number of phenols is 1. The largest absolute Gasteiger partial charge is 0.506 e. The summed E-state index contributed by atoms with van der Waals surface area (Å²) in [5.41, 5.74) is 0.990. The number of aryl methyl sites for hydroxylation is 1. The Kier molecular flexibility index (Phi) is 5.50. The summed E-state index contributed by atoms with van der Waals surface area (Å²) >= 11 is 0. The van der Waals surface area contributed by atoms with Gasteiger partial charge in [0.1, 0.15) is 18.2 Å². The number of aromatic hydroxyl groups is 1. The Hall–Kier alpha value is -2.49. The van der Waals surface area contributed by atoms with Gasteiger partial charge in [0.15, 0.2) is 0 Å². The van der Waals surface area contributed by atoms with Crippen LogP contribution in [0.15, 0.2) is 47.4 Å². The number of phenolic OH excluding ortho intramolecular Hbond substituents is 1. The van der Waals surface area contributed by atoms with E-state index in [4.69, 9.17) is 0 Å². The molecule has 0 aliphatic heterocycles. The molecular weight excluding hydrogens is 339 g/mol. The molecule has 0 aromatic heterocycles. The molecule has 1 amide bonds. The predicted octanol–water partition coefficient (Wildman–Crippen LogP) is 1.69. The number of halogens is 1. The zero-order chi connectivity index (χ0) is 17.7. The first kappa shape index (κ1) is 17.9. The minimum Gasteiger partial charge on any atom is -0.506 e. The third-order valence-corrected chi connectivity index (χ3v) is 4.15. The third kappa shape index (κ3) is 4.75. The Labute approximate surface area is 138 Å². The summed E-state index contributed by atoms with van der Waals surface area (Å²) in [5.74, 6) is -1.36. The highest BCUT2D eigenvalue weighted by atomic mass is 32.2. The molecule has 2 rings (SSSR count). The number of sulfonamides is 1. The molecule has 0 unspecified atom stereocenters. The second kappa shape index (κ2) is 7.39. The average Bonchev–Trinajstić information content (AvgIpc) is 2.50. The van der Waals surface area contributed by atoms with Gasteiger partial charge in [0.25, 0.3) is 15.9 Å². The fraction of sp³-hybridized carbons (Fsp3) is 0.133. The van der Waals surface area contributed by atoms with Gasteiger partial charge in [0.05, 0.1) is 10.6 Å². The number of carbonyl (C=O) groups is 1. The topological polar surface area (TPSA) is 105 Å². The molecular formula is C15H15FN2O5S. The summed E-state index contributed by atoms with van der Waals surface area (Å²) in [7, 11) is -4.03. The van der Waals surface area contributed by atoms with Crippen LogP contribution in [-0.2, 0) is 19.7 Å². The van der Waals surface area contributed by atoms with Crippen molar-refractivity contribution in [2.75, 3.05) is 11.9 Å². The Bertz CT molecular complexity index is 837. The Morgan fingerprint density at radius 3 is 2.50 bits per heavy atom. The average molecular weight is 354 g/mol. The van der Waals surface area contributed by atoms with Crippen LogP contribution in [-0.4, -0.2) is 26.0 Å². The minimum atomic E-state index is -4.03. The van der Waals surface area contributed by atoms with Crippen molar-refractivity contribution in [1.29, 1.82) is 0 Å². The first-order valence-corrected chi connectivity index (χ1v) is 8.25. The van der Waals surface area contributed by atoms with Gasteiger partial charge >= 0.3 is 0 Å². The summed E-state index contributed by atoms with van der Waals surface area (Å²) in [6.07, 6.45) is 0. The van der Waals surface area contributed by atoms with Crippen LogP contribution in [0.4, 0.5) is 10.1 Å². The molecule has 0 fully saturated rings. The minimum absolute atomic E-state index is 0.116. The summed E-state index contributed by atoms with van der Waals surface area (Å²) < 4.78 is 36.5. The van der Waals surface area contributed by atoms with Crippen molar-refractivity contribution >= 4 is 21.6 Å². The first-order chi connectivity index (χ1) is 11.3. The maximum absolute atomic E-state index is 12.8. The monoisotopic (exact) mass is 354 g/mol. The lowest BCUT2D eigenvalue weighted by Crippen LogP contribution is -2.29. The lowest BCUT2D eigenvalue weighted by Gasteiger charge is -2.09. The number of carbonyl (C=O) groups excluding carboxylic acids is 1. The van der Waals surface area contributed by atoms with Crippen LogP contribution in [0.2, 0.25) is 0 Å². The SMILES string of the molecule is Cc1ccc(NC(=O)CONS(=O)(=O)c2ccc(F)cc2)c(O)c1. The fourth-order valence-electron chi connectivity index (χ4n) is 1.77. The second-order valence-corrected chi connectivity index (χ2v) is 6.54. The zero-order valence-corrected chi connectivity index (χ0v) is 13.4. The highest BCUT2D eigenvalue weighted by molar-refractivity contribution is 7.89. The van der Waals surface area contributed by atoms with Gasteiger partial charge in [-0.25, -0.2) is 12.8 Å². The van der Waals surface area contributed by atoms with E-state index in [1.807, 2.05) is 0 Å². The van der Waals surface area contributed by atoms with Crippen molar-refractivity contribution < 1.29 is 27.5 Å². The second-order valence-electron chi connectivity index (χ2n) is 4.90. The molecule has 2 aromatic rings. The first-order valence-electron chi connectivity index (χ1n) is 6.76. The smallest absolute Gasteiger partial charge is 0.262 e. The molecule has 0 aliphatic carbocycles. The number of benzene rings is 2. The van der Waals surface area contributed by atoms with Crippen LogP contribution in [0.1, 0.15) is 5.56 Å². The summed E-state index contributed by atoms with van der Waals surface area (Å²) in [6.45, 7) is 1.16. The van der Waals surface area contributed by atoms with Crippen LogP contribution < -0.4 is 10.2 Å². The molecule has 0 saturated carbocycles. The van der Waals surface area contributed by atoms with Gasteiger partial charge in [-0.2, -0.15) is 0 Å². The van der Waals surface area contributed by atoms with Gasteiger partial charge < -0.3 is 10.4 Å². The number of hydrogen-bond acceptors (Lipinski definition) is 5. The van der Waals surface area contributed by atoms with Crippen molar-refractivity contribution in [2.45, 2.75) is 11.8 Å². The highest BCUT2D eigenvalue weighted by Gasteiger charge is 2.15. The maximum atomic E-state index is 12.8. The molecule has 128 valence electrons. The van der Waals surface area contributed by atoms with Crippen molar-refractivity contribution in [3.63, 3.8) is 0 Å². The van der Waals surface area contributed by atoms with Crippen molar-refractivity contribution in [3.8, 4) is 5.75 Å². The number of nitrogens with one attached hydrogen (secondary N) is 2. The van der Waals surface area contributed by atoms with Gasteiger partial charge in [-0.15, -0.1) is 0 Å². The lowest BCUT2D eigenvalue weighted by molar-refractivity contribution is -0.121. The van der Waals surface area contributed by atoms with Gasteiger partial charge in [-0.1, -0.05) is 11.0 Å². The molecule has 3 N–H and O–H groups in total. The lowest BCUT2D eigenvalue weighted by atomic mass is 10.2. The molecule has 0 spiro atoms. The van der Waals surface area contributed by atoms with Gasteiger partial charge in [-0.3, -0.25) is 9.63 Å². The normalized spacial score (nSPS) is 11.2. The molecule has 0 atom stereocenters. The van der Waals surface area contributed by atoms with Crippen molar-refractivity contribution in [3.05, 3.63) is 53.8 Å². The highest BCUT2D eigenvalue weighted by Crippen LogP contribution is 2.23. The van der Waals surface area contributed by atoms with E-state index in [9.17, 15) is 22.7 Å². The van der Waals surface area contributed by atoms with E-state index in [2.05, 4.69) is 10.2 Å². The summed E-state index contributed by atoms with van der Waals surface area (Å²) in [5, 5.41) is 12.0. The van der Waals surface area contributed by atoms with E-state index in [1.54, 1.807) is 17.9 Å². The van der Waals surface area contributed by atoms with E-state index in [1.165, 1.54) is 12.1 Å². The van der Waals surface area contributed by atoms with Gasteiger partial charge in [0.2, 0.25) is 0 Å². The zero-order valence-electron chi connectivity index (χ0n) is 12.6. The molecule has 24 heavy (non-hydrogen) atoms. The maximum Gasteiger partial charge on any atom is 0.262 e. The summed E-state index contributed by atoms with van der Waals surface area (Å²) in [6, 6.07) is 8.76.